The second kappa shape index (κ2) is 8.39. The van der Waals surface area contributed by atoms with E-state index in [-0.39, 0.29) is 6.42 Å². The van der Waals surface area contributed by atoms with Crippen LogP contribution in [0.3, 0.4) is 0 Å². The quantitative estimate of drug-likeness (QED) is 0.686. The van der Waals surface area contributed by atoms with Crippen LogP contribution in [0.15, 0.2) is 24.3 Å². The minimum Gasteiger partial charge on any atom is -0.490 e. The maximum Gasteiger partial charge on any atom is 0.303 e. The number of carbonyl (C=O) groups is 1. The summed E-state index contributed by atoms with van der Waals surface area (Å²) >= 11 is 0. The first kappa shape index (κ1) is 14.4. The van der Waals surface area contributed by atoms with Gasteiger partial charge < -0.3 is 14.6 Å². The molecule has 1 rings (SSSR count). The van der Waals surface area contributed by atoms with Crippen LogP contribution in [-0.2, 0) is 4.79 Å². The Morgan fingerprint density at radius 2 is 1.72 bits per heavy atom. The van der Waals surface area contributed by atoms with Crippen molar-refractivity contribution in [3.63, 3.8) is 0 Å². The van der Waals surface area contributed by atoms with Crippen LogP contribution in [0.2, 0.25) is 0 Å². The van der Waals surface area contributed by atoms with E-state index in [1.54, 1.807) is 0 Å². The van der Waals surface area contributed by atoms with Gasteiger partial charge in [-0.3, -0.25) is 4.79 Å². The summed E-state index contributed by atoms with van der Waals surface area (Å²) in [4.78, 5) is 10.3. The number of unbranched alkanes of at least 4 members (excludes halogenated alkanes) is 1. The van der Waals surface area contributed by atoms with E-state index in [1.165, 1.54) is 0 Å². The molecular formula is C14H20O4. The van der Waals surface area contributed by atoms with Crippen molar-refractivity contribution in [1.29, 1.82) is 0 Å². The van der Waals surface area contributed by atoms with E-state index in [0.717, 1.165) is 24.3 Å². The van der Waals surface area contributed by atoms with Crippen LogP contribution in [0.25, 0.3) is 0 Å². The summed E-state index contributed by atoms with van der Waals surface area (Å²) in [5.41, 5.74) is 0. The average Bonchev–Trinajstić information content (AvgIpc) is 2.36. The molecule has 18 heavy (non-hydrogen) atoms. The van der Waals surface area contributed by atoms with Gasteiger partial charge in [-0.15, -0.1) is 0 Å². The Bertz CT molecular complexity index is 363. The number of carboxylic acid groups (broad SMARTS) is 1. The topological polar surface area (TPSA) is 55.8 Å². The van der Waals surface area contributed by atoms with Gasteiger partial charge >= 0.3 is 5.97 Å². The Kier molecular flexibility index (Phi) is 6.69. The zero-order chi connectivity index (χ0) is 13.2. The molecule has 0 aliphatic heterocycles. The third-order valence-corrected chi connectivity index (χ3v) is 2.35. The van der Waals surface area contributed by atoms with Gasteiger partial charge in [0.15, 0.2) is 11.5 Å². The minimum atomic E-state index is -0.762. The van der Waals surface area contributed by atoms with E-state index >= 15 is 0 Å². The highest BCUT2D eigenvalue weighted by molar-refractivity contribution is 5.66. The molecular weight excluding hydrogens is 232 g/mol. The van der Waals surface area contributed by atoms with Crippen molar-refractivity contribution in [2.24, 2.45) is 0 Å². The van der Waals surface area contributed by atoms with Gasteiger partial charge in [0.05, 0.1) is 13.2 Å². The molecule has 4 nitrogen and oxygen atoms in total. The fraction of sp³-hybridized carbons (Fsp3) is 0.500. The number of hydrogen-bond donors (Lipinski definition) is 1. The number of hydrogen-bond acceptors (Lipinski definition) is 3. The third kappa shape index (κ3) is 5.57. The normalized spacial score (nSPS) is 10.1. The molecule has 100 valence electrons. The monoisotopic (exact) mass is 252 g/mol. The number of aliphatic carboxylic acids is 1. The lowest BCUT2D eigenvalue weighted by Gasteiger charge is -2.11. The van der Waals surface area contributed by atoms with Gasteiger partial charge in [-0.1, -0.05) is 19.1 Å². The molecule has 0 saturated heterocycles. The zero-order valence-electron chi connectivity index (χ0n) is 10.7. The number of carboxylic acids is 1. The first-order chi connectivity index (χ1) is 8.74. The Labute approximate surface area is 108 Å². The van der Waals surface area contributed by atoms with Crippen molar-refractivity contribution in [3.05, 3.63) is 24.3 Å². The highest BCUT2D eigenvalue weighted by atomic mass is 16.5. The van der Waals surface area contributed by atoms with Crippen molar-refractivity contribution in [2.75, 3.05) is 13.2 Å². The summed E-state index contributed by atoms with van der Waals surface area (Å²) in [6, 6.07) is 7.54. The van der Waals surface area contributed by atoms with Crippen molar-refractivity contribution in [3.8, 4) is 11.5 Å². The van der Waals surface area contributed by atoms with Gasteiger partial charge in [0.1, 0.15) is 0 Å². The molecule has 0 heterocycles. The van der Waals surface area contributed by atoms with Crippen LogP contribution in [0, 0.1) is 0 Å². The predicted octanol–water partition coefficient (Wildman–Crippen LogP) is 3.11. The molecule has 0 aliphatic rings. The van der Waals surface area contributed by atoms with Crippen LogP contribution >= 0.6 is 0 Å². The standard InChI is InChI=1S/C14H20O4/c1-2-10-17-12-7-3-4-8-13(12)18-11-6-5-9-14(15)16/h3-4,7-8H,2,5-6,9-11H2,1H3,(H,15,16). The van der Waals surface area contributed by atoms with Crippen molar-refractivity contribution in [2.45, 2.75) is 32.6 Å². The molecule has 0 bridgehead atoms. The summed E-state index contributed by atoms with van der Waals surface area (Å²) in [5, 5.41) is 8.51. The fourth-order valence-electron chi connectivity index (χ4n) is 1.46. The van der Waals surface area contributed by atoms with Crippen LogP contribution in [0.5, 0.6) is 11.5 Å². The largest absolute Gasteiger partial charge is 0.490 e. The van der Waals surface area contributed by atoms with Crippen molar-refractivity contribution >= 4 is 5.97 Å². The van der Waals surface area contributed by atoms with Crippen LogP contribution in [-0.4, -0.2) is 24.3 Å². The van der Waals surface area contributed by atoms with Gasteiger partial charge in [0, 0.05) is 6.42 Å². The lowest BCUT2D eigenvalue weighted by atomic mass is 10.2. The number of benzene rings is 1. The van der Waals surface area contributed by atoms with Gasteiger partial charge in [-0.05, 0) is 31.4 Å². The van der Waals surface area contributed by atoms with Gasteiger partial charge in [-0.2, -0.15) is 0 Å². The molecule has 1 aromatic rings. The highest BCUT2D eigenvalue weighted by Gasteiger charge is 2.03. The third-order valence-electron chi connectivity index (χ3n) is 2.35. The average molecular weight is 252 g/mol. The summed E-state index contributed by atoms with van der Waals surface area (Å²) in [6.07, 6.45) is 2.51. The second-order valence-electron chi connectivity index (χ2n) is 3.99. The Balaban J connectivity index is 2.34. The Morgan fingerprint density at radius 3 is 2.28 bits per heavy atom. The summed E-state index contributed by atoms with van der Waals surface area (Å²) in [6.45, 7) is 3.23. The summed E-state index contributed by atoms with van der Waals surface area (Å²) in [5.74, 6) is 0.709. The van der Waals surface area contributed by atoms with Gasteiger partial charge in [0.2, 0.25) is 0 Å². The molecule has 1 aromatic carbocycles. The molecule has 0 spiro atoms. The lowest BCUT2D eigenvalue weighted by Crippen LogP contribution is -2.03. The van der Waals surface area contributed by atoms with E-state index in [0.29, 0.717) is 19.6 Å². The molecule has 0 amide bonds. The van der Waals surface area contributed by atoms with E-state index in [4.69, 9.17) is 14.6 Å². The maximum absolute atomic E-state index is 10.3. The minimum absolute atomic E-state index is 0.192. The summed E-state index contributed by atoms with van der Waals surface area (Å²) < 4.78 is 11.2. The molecule has 0 radical (unpaired) electrons. The number of rotatable bonds is 9. The van der Waals surface area contributed by atoms with E-state index in [2.05, 4.69) is 6.92 Å². The Morgan fingerprint density at radius 1 is 1.11 bits per heavy atom. The van der Waals surface area contributed by atoms with Crippen LogP contribution in [0.4, 0.5) is 0 Å². The van der Waals surface area contributed by atoms with Crippen LogP contribution in [0.1, 0.15) is 32.6 Å². The van der Waals surface area contributed by atoms with Crippen molar-refractivity contribution in [1.82, 2.24) is 0 Å². The molecule has 0 unspecified atom stereocenters. The number of ether oxygens (including phenoxy) is 2. The van der Waals surface area contributed by atoms with E-state index in [9.17, 15) is 4.79 Å². The molecule has 0 aromatic heterocycles. The highest BCUT2D eigenvalue weighted by Crippen LogP contribution is 2.26. The lowest BCUT2D eigenvalue weighted by molar-refractivity contribution is -0.137. The second-order valence-corrected chi connectivity index (χ2v) is 3.99. The Hall–Kier alpha value is -1.71. The van der Waals surface area contributed by atoms with E-state index < -0.39 is 5.97 Å². The fourth-order valence-corrected chi connectivity index (χ4v) is 1.46. The first-order valence-corrected chi connectivity index (χ1v) is 6.30. The molecule has 0 fully saturated rings. The first-order valence-electron chi connectivity index (χ1n) is 6.30. The SMILES string of the molecule is CCCOc1ccccc1OCCCCC(=O)O. The number of para-hydroxylation sites is 2. The van der Waals surface area contributed by atoms with Gasteiger partial charge in [-0.25, -0.2) is 0 Å². The van der Waals surface area contributed by atoms with E-state index in [1.807, 2.05) is 24.3 Å². The molecule has 0 saturated carbocycles. The molecule has 0 aliphatic carbocycles. The molecule has 1 N–H and O–H groups in total. The van der Waals surface area contributed by atoms with Crippen molar-refractivity contribution < 1.29 is 19.4 Å². The zero-order valence-corrected chi connectivity index (χ0v) is 10.7. The predicted molar refractivity (Wildman–Crippen MR) is 69.2 cm³/mol. The smallest absolute Gasteiger partial charge is 0.303 e. The van der Waals surface area contributed by atoms with Gasteiger partial charge in [0.25, 0.3) is 0 Å². The van der Waals surface area contributed by atoms with Crippen LogP contribution < -0.4 is 9.47 Å². The maximum atomic E-state index is 10.3. The summed E-state index contributed by atoms with van der Waals surface area (Å²) in [7, 11) is 0. The molecule has 4 heteroatoms. The molecule has 0 atom stereocenters.